The smallest absolute Gasteiger partial charge is 0.0931 e. The first-order valence-corrected chi connectivity index (χ1v) is 7.72. The van der Waals surface area contributed by atoms with Crippen LogP contribution < -0.4 is 5.32 Å². The summed E-state index contributed by atoms with van der Waals surface area (Å²) in [5.41, 5.74) is 1.38. The lowest BCUT2D eigenvalue weighted by molar-refractivity contribution is 0.0849. The largest absolute Gasteiger partial charge is 0.315 e. The van der Waals surface area contributed by atoms with E-state index in [1.165, 1.54) is 31.5 Å². The minimum absolute atomic E-state index is 0.506. The van der Waals surface area contributed by atoms with E-state index in [1.807, 2.05) is 0 Å². The molecular weight excluding hydrogens is 252 g/mol. The summed E-state index contributed by atoms with van der Waals surface area (Å²) in [5.74, 6) is 0.861. The van der Waals surface area contributed by atoms with Crippen molar-refractivity contribution < 1.29 is 0 Å². The first kappa shape index (κ1) is 12.0. The SMILES string of the molecule is CC(c1csc(Cl)c1)N1CCCC2CNCC21. The van der Waals surface area contributed by atoms with Gasteiger partial charge in [-0.2, -0.15) is 0 Å². The number of fused-ring (bicyclic) bond motifs is 1. The topological polar surface area (TPSA) is 15.3 Å². The Kier molecular flexibility index (Phi) is 3.44. The molecule has 0 radical (unpaired) electrons. The number of nitrogens with zero attached hydrogens (tertiary/aromatic N) is 1. The second kappa shape index (κ2) is 4.88. The van der Waals surface area contributed by atoms with Crippen molar-refractivity contribution in [3.8, 4) is 0 Å². The highest BCUT2D eigenvalue weighted by atomic mass is 35.5. The van der Waals surface area contributed by atoms with E-state index in [4.69, 9.17) is 11.6 Å². The molecule has 0 aromatic carbocycles. The predicted octanol–water partition coefficient (Wildman–Crippen LogP) is 3.15. The molecule has 0 spiro atoms. The number of rotatable bonds is 2. The van der Waals surface area contributed by atoms with Crippen LogP contribution in [0.4, 0.5) is 0 Å². The maximum absolute atomic E-state index is 6.04. The quantitative estimate of drug-likeness (QED) is 0.888. The molecule has 17 heavy (non-hydrogen) atoms. The Morgan fingerprint density at radius 1 is 1.53 bits per heavy atom. The molecule has 3 unspecified atom stereocenters. The Morgan fingerprint density at radius 2 is 2.41 bits per heavy atom. The molecule has 1 aromatic heterocycles. The van der Waals surface area contributed by atoms with E-state index in [9.17, 15) is 0 Å². The molecule has 2 fully saturated rings. The van der Waals surface area contributed by atoms with E-state index in [0.29, 0.717) is 6.04 Å². The van der Waals surface area contributed by atoms with Crippen LogP contribution >= 0.6 is 22.9 Å². The Hall–Kier alpha value is -0.0900. The zero-order chi connectivity index (χ0) is 11.8. The van der Waals surface area contributed by atoms with Crippen molar-refractivity contribution in [2.24, 2.45) is 5.92 Å². The van der Waals surface area contributed by atoms with Gasteiger partial charge in [-0.15, -0.1) is 11.3 Å². The summed E-state index contributed by atoms with van der Waals surface area (Å²) in [7, 11) is 0. The lowest BCUT2D eigenvalue weighted by Gasteiger charge is -2.40. The van der Waals surface area contributed by atoms with Crippen molar-refractivity contribution in [3.05, 3.63) is 21.3 Å². The Balaban J connectivity index is 1.78. The number of hydrogen-bond donors (Lipinski definition) is 1. The minimum Gasteiger partial charge on any atom is -0.315 e. The van der Waals surface area contributed by atoms with E-state index in [1.54, 1.807) is 11.3 Å². The minimum atomic E-state index is 0.506. The number of likely N-dealkylation sites (tertiary alicyclic amines) is 1. The Labute approximate surface area is 112 Å². The summed E-state index contributed by atoms with van der Waals surface area (Å²) in [6, 6.07) is 3.37. The monoisotopic (exact) mass is 270 g/mol. The molecule has 0 aliphatic carbocycles. The van der Waals surface area contributed by atoms with Gasteiger partial charge >= 0.3 is 0 Å². The normalized spacial score (nSPS) is 31.4. The van der Waals surface area contributed by atoms with E-state index in [-0.39, 0.29) is 0 Å². The predicted molar refractivity (Wildman–Crippen MR) is 73.8 cm³/mol. The third kappa shape index (κ3) is 2.26. The summed E-state index contributed by atoms with van der Waals surface area (Å²) in [6.45, 7) is 5.92. The highest BCUT2D eigenvalue weighted by molar-refractivity contribution is 7.14. The fraction of sp³-hybridized carbons (Fsp3) is 0.692. The molecule has 4 heteroatoms. The van der Waals surface area contributed by atoms with Crippen LogP contribution in [0.15, 0.2) is 11.4 Å². The molecule has 3 atom stereocenters. The van der Waals surface area contributed by atoms with Gasteiger partial charge in [0, 0.05) is 18.6 Å². The fourth-order valence-corrected chi connectivity index (χ4v) is 4.30. The van der Waals surface area contributed by atoms with Crippen molar-refractivity contribution in [2.45, 2.75) is 31.8 Å². The second-order valence-electron chi connectivity index (χ2n) is 5.23. The van der Waals surface area contributed by atoms with Gasteiger partial charge in [0.1, 0.15) is 0 Å². The van der Waals surface area contributed by atoms with E-state index in [2.05, 4.69) is 28.6 Å². The van der Waals surface area contributed by atoms with Gasteiger partial charge < -0.3 is 5.32 Å². The molecule has 2 saturated heterocycles. The molecule has 3 rings (SSSR count). The van der Waals surface area contributed by atoms with Crippen molar-refractivity contribution in [3.63, 3.8) is 0 Å². The number of halogens is 1. The molecule has 1 aromatic rings. The summed E-state index contributed by atoms with van der Waals surface area (Å²) >= 11 is 7.69. The Bertz CT molecular complexity index is 393. The van der Waals surface area contributed by atoms with Crippen LogP contribution in [-0.4, -0.2) is 30.6 Å². The van der Waals surface area contributed by atoms with Crippen molar-refractivity contribution in [1.82, 2.24) is 10.2 Å². The Morgan fingerprint density at radius 3 is 3.18 bits per heavy atom. The van der Waals surface area contributed by atoms with Gasteiger partial charge in [-0.05, 0) is 55.8 Å². The number of piperidine rings is 1. The van der Waals surface area contributed by atoms with Crippen LogP contribution in [0, 0.1) is 5.92 Å². The van der Waals surface area contributed by atoms with E-state index < -0.39 is 0 Å². The molecule has 2 nitrogen and oxygen atoms in total. The summed E-state index contributed by atoms with van der Waals surface area (Å²) in [6.07, 6.45) is 2.73. The van der Waals surface area contributed by atoms with Gasteiger partial charge in [0.25, 0.3) is 0 Å². The highest BCUT2D eigenvalue weighted by Crippen LogP contribution is 2.35. The van der Waals surface area contributed by atoms with Crippen molar-refractivity contribution in [1.29, 1.82) is 0 Å². The second-order valence-corrected chi connectivity index (χ2v) is 6.77. The number of hydrogen-bond acceptors (Lipinski definition) is 3. The van der Waals surface area contributed by atoms with Gasteiger partial charge in [0.05, 0.1) is 4.34 Å². The third-order valence-corrected chi connectivity index (χ3v) is 5.40. The molecule has 1 N–H and O–H groups in total. The van der Waals surface area contributed by atoms with Crippen molar-refractivity contribution >= 4 is 22.9 Å². The fourth-order valence-electron chi connectivity index (χ4n) is 3.32. The molecule has 2 aliphatic heterocycles. The van der Waals surface area contributed by atoms with Gasteiger partial charge in [0.15, 0.2) is 0 Å². The average molecular weight is 271 g/mol. The van der Waals surface area contributed by atoms with Gasteiger partial charge in [-0.25, -0.2) is 0 Å². The maximum atomic E-state index is 6.04. The zero-order valence-corrected chi connectivity index (χ0v) is 11.7. The van der Waals surface area contributed by atoms with Crippen LogP contribution in [0.3, 0.4) is 0 Å². The lowest BCUT2D eigenvalue weighted by atomic mass is 9.90. The van der Waals surface area contributed by atoms with Gasteiger partial charge in [-0.3, -0.25) is 4.90 Å². The van der Waals surface area contributed by atoms with Crippen LogP contribution in [-0.2, 0) is 0 Å². The van der Waals surface area contributed by atoms with E-state index >= 15 is 0 Å². The summed E-state index contributed by atoms with van der Waals surface area (Å²) in [5, 5.41) is 5.75. The van der Waals surface area contributed by atoms with Gasteiger partial charge in [-0.1, -0.05) is 11.6 Å². The van der Waals surface area contributed by atoms with Crippen LogP contribution in [0.5, 0.6) is 0 Å². The van der Waals surface area contributed by atoms with Crippen LogP contribution in [0.1, 0.15) is 31.4 Å². The molecular formula is C13H19ClN2S. The maximum Gasteiger partial charge on any atom is 0.0931 e. The van der Waals surface area contributed by atoms with Gasteiger partial charge in [0.2, 0.25) is 0 Å². The first-order valence-electron chi connectivity index (χ1n) is 6.46. The molecule has 0 saturated carbocycles. The first-order chi connectivity index (χ1) is 8.25. The summed E-state index contributed by atoms with van der Waals surface area (Å²) in [4.78, 5) is 2.67. The highest BCUT2D eigenvalue weighted by Gasteiger charge is 2.37. The van der Waals surface area contributed by atoms with E-state index in [0.717, 1.165) is 22.8 Å². The average Bonchev–Trinajstić information content (AvgIpc) is 2.95. The third-order valence-electron chi connectivity index (χ3n) is 4.29. The molecule has 0 amide bonds. The van der Waals surface area contributed by atoms with Crippen LogP contribution in [0.2, 0.25) is 4.34 Å². The van der Waals surface area contributed by atoms with Crippen LogP contribution in [0.25, 0.3) is 0 Å². The number of nitrogens with one attached hydrogen (secondary N) is 1. The molecule has 94 valence electrons. The summed E-state index contributed by atoms with van der Waals surface area (Å²) < 4.78 is 0.907. The molecule has 0 bridgehead atoms. The van der Waals surface area contributed by atoms with Crippen molar-refractivity contribution in [2.75, 3.05) is 19.6 Å². The molecule has 3 heterocycles. The zero-order valence-electron chi connectivity index (χ0n) is 10.2. The standard InChI is InChI=1S/C13H19ClN2S/c1-9(11-5-13(14)17-8-11)16-4-2-3-10-6-15-7-12(10)16/h5,8-10,12,15H,2-4,6-7H2,1H3. The molecule has 2 aliphatic rings. The number of thiophene rings is 1. The lowest BCUT2D eigenvalue weighted by Crippen LogP contribution is -2.46.